The normalized spacial score (nSPS) is 19.6. The lowest BCUT2D eigenvalue weighted by Gasteiger charge is -2.18. The van der Waals surface area contributed by atoms with Crippen LogP contribution in [-0.2, 0) is 17.7 Å². The van der Waals surface area contributed by atoms with Crippen LogP contribution in [0.25, 0.3) is 0 Å². The molecule has 0 aliphatic heterocycles. The molecule has 3 rings (SSSR count). The second kappa shape index (κ2) is 7.59. The first-order valence-electron chi connectivity index (χ1n) is 7.98. The highest BCUT2D eigenvalue weighted by molar-refractivity contribution is 5.36. The number of hydrogen-bond donors (Lipinski definition) is 2. The van der Waals surface area contributed by atoms with E-state index in [9.17, 15) is 5.11 Å². The van der Waals surface area contributed by atoms with Crippen molar-refractivity contribution in [2.75, 3.05) is 20.3 Å². The van der Waals surface area contributed by atoms with Gasteiger partial charge in [0.15, 0.2) is 0 Å². The van der Waals surface area contributed by atoms with Crippen LogP contribution in [0, 0.1) is 0 Å². The highest BCUT2D eigenvalue weighted by atomic mass is 16.5. The molecule has 122 valence electrons. The fourth-order valence-electron chi connectivity index (χ4n) is 3.04. The zero-order valence-corrected chi connectivity index (χ0v) is 13.4. The smallest absolute Gasteiger partial charge is 0.119 e. The predicted octanol–water partition coefficient (Wildman–Crippen LogP) is 2.46. The first-order chi connectivity index (χ1) is 11.3. The van der Waals surface area contributed by atoms with E-state index in [-0.39, 0.29) is 12.1 Å². The summed E-state index contributed by atoms with van der Waals surface area (Å²) in [5.41, 5.74) is 3.57. The summed E-state index contributed by atoms with van der Waals surface area (Å²) in [4.78, 5) is 0. The van der Waals surface area contributed by atoms with Gasteiger partial charge in [0.25, 0.3) is 0 Å². The number of fused-ring (bicyclic) bond motifs is 1. The molecule has 0 saturated heterocycles. The van der Waals surface area contributed by atoms with E-state index >= 15 is 0 Å². The molecular formula is C19H23NO3. The van der Waals surface area contributed by atoms with E-state index in [1.165, 1.54) is 11.1 Å². The number of benzene rings is 2. The molecular weight excluding hydrogens is 290 g/mol. The minimum Gasteiger partial charge on any atom is -0.491 e. The summed E-state index contributed by atoms with van der Waals surface area (Å²) >= 11 is 0. The van der Waals surface area contributed by atoms with Gasteiger partial charge in [-0.3, -0.25) is 0 Å². The second-order valence-electron chi connectivity index (χ2n) is 5.82. The van der Waals surface area contributed by atoms with Gasteiger partial charge < -0.3 is 19.9 Å². The van der Waals surface area contributed by atoms with Gasteiger partial charge in [0.05, 0.1) is 18.8 Å². The fourth-order valence-corrected chi connectivity index (χ4v) is 3.04. The van der Waals surface area contributed by atoms with Crippen molar-refractivity contribution in [2.24, 2.45) is 0 Å². The van der Waals surface area contributed by atoms with Gasteiger partial charge in [-0.2, -0.15) is 0 Å². The van der Waals surface area contributed by atoms with Crippen molar-refractivity contribution in [1.82, 2.24) is 5.32 Å². The third kappa shape index (κ3) is 3.91. The van der Waals surface area contributed by atoms with E-state index in [1.54, 1.807) is 7.11 Å². The minimum atomic E-state index is -0.367. The zero-order chi connectivity index (χ0) is 16.1. The number of aliphatic hydroxyl groups is 1. The monoisotopic (exact) mass is 313 g/mol. The van der Waals surface area contributed by atoms with Crippen LogP contribution in [0.3, 0.4) is 0 Å². The maximum absolute atomic E-state index is 10.3. The first kappa shape index (κ1) is 16.0. The lowest BCUT2D eigenvalue weighted by Crippen LogP contribution is -2.28. The van der Waals surface area contributed by atoms with Crippen molar-refractivity contribution in [3.05, 3.63) is 65.2 Å². The van der Waals surface area contributed by atoms with Crippen molar-refractivity contribution in [2.45, 2.75) is 25.1 Å². The molecule has 1 aliphatic carbocycles. The van der Waals surface area contributed by atoms with Gasteiger partial charge in [0.2, 0.25) is 0 Å². The Morgan fingerprint density at radius 2 is 2.00 bits per heavy atom. The highest BCUT2D eigenvalue weighted by Crippen LogP contribution is 2.31. The Kier molecular flexibility index (Phi) is 5.28. The largest absolute Gasteiger partial charge is 0.491 e. The molecule has 2 atom stereocenters. The van der Waals surface area contributed by atoms with Crippen LogP contribution in [0.2, 0.25) is 0 Å². The number of nitrogens with one attached hydrogen (secondary N) is 1. The number of rotatable bonds is 7. The van der Waals surface area contributed by atoms with Gasteiger partial charge in [0.1, 0.15) is 12.4 Å². The number of aliphatic hydroxyl groups excluding tert-OH is 1. The van der Waals surface area contributed by atoms with Crippen LogP contribution in [0.4, 0.5) is 0 Å². The number of hydrogen-bond acceptors (Lipinski definition) is 4. The lowest BCUT2D eigenvalue weighted by molar-refractivity contribution is 0.140. The van der Waals surface area contributed by atoms with E-state index in [2.05, 4.69) is 23.5 Å². The van der Waals surface area contributed by atoms with Gasteiger partial charge in [-0.25, -0.2) is 0 Å². The Morgan fingerprint density at radius 3 is 2.87 bits per heavy atom. The SMILES string of the molecule is COCCOc1cccc(CN[C@@H]2c3ccccc3C[C@@H]2O)c1. The Bertz CT molecular complexity index is 644. The number of ether oxygens (including phenoxy) is 2. The van der Waals surface area contributed by atoms with Crippen molar-refractivity contribution in [3.8, 4) is 5.75 Å². The third-order valence-electron chi connectivity index (χ3n) is 4.18. The Balaban J connectivity index is 1.61. The summed E-state index contributed by atoms with van der Waals surface area (Å²) < 4.78 is 10.6. The summed E-state index contributed by atoms with van der Waals surface area (Å²) in [6.45, 7) is 1.81. The highest BCUT2D eigenvalue weighted by Gasteiger charge is 2.29. The summed E-state index contributed by atoms with van der Waals surface area (Å²) in [7, 11) is 1.66. The quantitative estimate of drug-likeness (QED) is 0.771. The molecule has 2 aromatic rings. The van der Waals surface area contributed by atoms with Crippen LogP contribution in [0.5, 0.6) is 5.75 Å². The number of methoxy groups -OCH3 is 1. The maximum atomic E-state index is 10.3. The summed E-state index contributed by atoms with van der Waals surface area (Å²) in [5.74, 6) is 0.841. The maximum Gasteiger partial charge on any atom is 0.119 e. The molecule has 0 fully saturated rings. The standard InChI is InChI=1S/C19H23NO3/c1-22-9-10-23-16-7-4-5-14(11-16)13-20-19-17-8-3-2-6-15(17)12-18(19)21/h2-8,11,18-21H,9-10,12-13H2,1H3/t18-,19+/m0/s1. The Hall–Kier alpha value is -1.88. The third-order valence-corrected chi connectivity index (χ3v) is 4.18. The summed E-state index contributed by atoms with van der Waals surface area (Å²) in [6, 6.07) is 16.2. The van der Waals surface area contributed by atoms with Gasteiger partial charge >= 0.3 is 0 Å². The fraction of sp³-hybridized carbons (Fsp3) is 0.368. The van der Waals surface area contributed by atoms with Crippen molar-refractivity contribution in [1.29, 1.82) is 0 Å². The molecule has 1 aliphatic rings. The van der Waals surface area contributed by atoms with Crippen LogP contribution >= 0.6 is 0 Å². The van der Waals surface area contributed by atoms with Gasteiger partial charge in [-0.1, -0.05) is 36.4 Å². The molecule has 4 heteroatoms. The van der Waals surface area contributed by atoms with E-state index in [4.69, 9.17) is 9.47 Å². The lowest BCUT2D eigenvalue weighted by atomic mass is 10.1. The van der Waals surface area contributed by atoms with E-state index < -0.39 is 0 Å². The summed E-state index contributed by atoms with van der Waals surface area (Å²) in [6.07, 6.45) is 0.349. The van der Waals surface area contributed by atoms with Crippen molar-refractivity contribution >= 4 is 0 Å². The van der Waals surface area contributed by atoms with E-state index in [0.29, 0.717) is 26.2 Å². The summed E-state index contributed by atoms with van der Waals surface area (Å²) in [5, 5.41) is 13.8. The van der Waals surface area contributed by atoms with Crippen LogP contribution < -0.4 is 10.1 Å². The van der Waals surface area contributed by atoms with Crippen LogP contribution in [0.15, 0.2) is 48.5 Å². The molecule has 0 radical (unpaired) electrons. The predicted molar refractivity (Wildman–Crippen MR) is 89.5 cm³/mol. The van der Waals surface area contributed by atoms with Gasteiger partial charge in [0, 0.05) is 20.1 Å². The molecule has 0 bridgehead atoms. The van der Waals surface area contributed by atoms with E-state index in [1.807, 2.05) is 30.3 Å². The van der Waals surface area contributed by atoms with Crippen LogP contribution in [0.1, 0.15) is 22.7 Å². The molecule has 0 saturated carbocycles. The van der Waals surface area contributed by atoms with Gasteiger partial charge in [-0.05, 0) is 28.8 Å². The zero-order valence-electron chi connectivity index (χ0n) is 13.4. The van der Waals surface area contributed by atoms with Crippen molar-refractivity contribution in [3.63, 3.8) is 0 Å². The first-order valence-corrected chi connectivity index (χ1v) is 7.98. The molecule has 0 aromatic heterocycles. The van der Waals surface area contributed by atoms with Crippen LogP contribution in [-0.4, -0.2) is 31.5 Å². The van der Waals surface area contributed by atoms with E-state index in [0.717, 1.165) is 11.3 Å². The molecule has 0 unspecified atom stereocenters. The molecule has 23 heavy (non-hydrogen) atoms. The molecule has 2 N–H and O–H groups in total. The Morgan fingerprint density at radius 1 is 1.13 bits per heavy atom. The minimum absolute atomic E-state index is 0.00994. The molecule has 0 amide bonds. The average Bonchev–Trinajstić information content (AvgIpc) is 2.89. The molecule has 2 aromatic carbocycles. The molecule has 0 spiro atoms. The van der Waals surface area contributed by atoms with Crippen molar-refractivity contribution < 1.29 is 14.6 Å². The van der Waals surface area contributed by atoms with Gasteiger partial charge in [-0.15, -0.1) is 0 Å². The molecule has 4 nitrogen and oxygen atoms in total. The second-order valence-corrected chi connectivity index (χ2v) is 5.82. The Labute approximate surface area is 137 Å². The molecule has 0 heterocycles. The average molecular weight is 313 g/mol. The topological polar surface area (TPSA) is 50.7 Å².